The molecule has 1 aliphatic carbocycles. The van der Waals surface area contributed by atoms with Crippen LogP contribution in [-0.2, 0) is 6.54 Å². The third-order valence-corrected chi connectivity index (χ3v) is 6.28. The van der Waals surface area contributed by atoms with Crippen LogP contribution in [0.25, 0.3) is 0 Å². The molecule has 0 aromatic heterocycles. The van der Waals surface area contributed by atoms with E-state index in [-0.39, 0.29) is 24.0 Å². The smallest absolute Gasteiger partial charge is 0.191 e. The Morgan fingerprint density at radius 1 is 1.07 bits per heavy atom. The maximum absolute atomic E-state index is 9.96. The van der Waals surface area contributed by atoms with Gasteiger partial charge < -0.3 is 20.6 Å². The number of likely N-dealkylation sites (tertiary alicyclic amines) is 1. The van der Waals surface area contributed by atoms with Crippen LogP contribution in [-0.4, -0.2) is 47.7 Å². The standard InChI is InChI=1S/C23H38N4O.HI/c1-4-24-23(25-16-19-14-17(2)22(28)18(3)15-19)26-20-10-12-27(13-11-20)21-8-6-5-7-9-21;/h14-15,20-21,28H,4-13,16H2,1-3H3,(H2,24,25,26);1H. The van der Waals surface area contributed by atoms with Gasteiger partial charge in [-0.1, -0.05) is 31.4 Å². The number of phenols is 1. The monoisotopic (exact) mass is 514 g/mol. The predicted octanol–water partition coefficient (Wildman–Crippen LogP) is 4.48. The number of halogens is 1. The molecule has 3 N–H and O–H groups in total. The minimum absolute atomic E-state index is 0. The molecule has 1 aromatic rings. The summed E-state index contributed by atoms with van der Waals surface area (Å²) in [5.74, 6) is 1.30. The summed E-state index contributed by atoms with van der Waals surface area (Å²) in [6.45, 7) is 9.89. The molecule has 0 atom stereocenters. The number of nitrogens with one attached hydrogen (secondary N) is 2. The van der Waals surface area contributed by atoms with E-state index in [4.69, 9.17) is 4.99 Å². The highest BCUT2D eigenvalue weighted by molar-refractivity contribution is 14.0. The molecule has 6 heteroatoms. The SMILES string of the molecule is CCNC(=NCc1cc(C)c(O)c(C)c1)NC1CCN(C2CCCCC2)CC1.I. The highest BCUT2D eigenvalue weighted by Crippen LogP contribution is 2.25. The molecule has 0 spiro atoms. The van der Waals surface area contributed by atoms with Crippen LogP contribution in [0.15, 0.2) is 17.1 Å². The van der Waals surface area contributed by atoms with Gasteiger partial charge in [0.2, 0.25) is 0 Å². The summed E-state index contributed by atoms with van der Waals surface area (Å²) in [6, 6.07) is 5.38. The number of guanidine groups is 1. The van der Waals surface area contributed by atoms with E-state index in [9.17, 15) is 5.11 Å². The quantitative estimate of drug-likeness (QED) is 0.308. The lowest BCUT2D eigenvalue weighted by Crippen LogP contribution is -2.50. The molecule has 2 aliphatic rings. The van der Waals surface area contributed by atoms with Crippen molar-refractivity contribution in [2.75, 3.05) is 19.6 Å². The molecule has 3 rings (SSSR count). The van der Waals surface area contributed by atoms with E-state index in [0.29, 0.717) is 18.3 Å². The Balaban J connectivity index is 0.00000300. The van der Waals surface area contributed by atoms with Gasteiger partial charge in [-0.05, 0) is 63.1 Å². The lowest BCUT2D eigenvalue weighted by Gasteiger charge is -2.39. The van der Waals surface area contributed by atoms with Gasteiger partial charge in [0, 0.05) is 31.7 Å². The molecular formula is C23H39IN4O. The first-order valence-corrected chi connectivity index (χ1v) is 11.1. The van der Waals surface area contributed by atoms with E-state index in [1.54, 1.807) is 0 Å². The molecule has 0 amide bonds. The summed E-state index contributed by atoms with van der Waals surface area (Å²) in [4.78, 5) is 7.52. The van der Waals surface area contributed by atoms with Crippen LogP contribution in [0, 0.1) is 13.8 Å². The van der Waals surface area contributed by atoms with Crippen molar-refractivity contribution < 1.29 is 5.11 Å². The van der Waals surface area contributed by atoms with Crippen LogP contribution in [0.2, 0.25) is 0 Å². The topological polar surface area (TPSA) is 59.9 Å². The van der Waals surface area contributed by atoms with Crippen LogP contribution in [0.3, 0.4) is 0 Å². The number of rotatable bonds is 5. The predicted molar refractivity (Wildman–Crippen MR) is 132 cm³/mol. The Bertz CT molecular complexity index is 642. The zero-order valence-electron chi connectivity index (χ0n) is 18.3. The second-order valence-corrected chi connectivity index (χ2v) is 8.52. The fraction of sp³-hybridized carbons (Fsp3) is 0.696. The van der Waals surface area contributed by atoms with Crippen molar-refractivity contribution >= 4 is 29.9 Å². The van der Waals surface area contributed by atoms with Gasteiger partial charge in [-0.25, -0.2) is 4.99 Å². The maximum Gasteiger partial charge on any atom is 0.191 e. The van der Waals surface area contributed by atoms with E-state index in [2.05, 4.69) is 22.5 Å². The Morgan fingerprint density at radius 3 is 2.28 bits per heavy atom. The van der Waals surface area contributed by atoms with Crippen molar-refractivity contribution in [1.29, 1.82) is 0 Å². The van der Waals surface area contributed by atoms with Crippen molar-refractivity contribution in [3.8, 4) is 5.75 Å². The van der Waals surface area contributed by atoms with E-state index in [0.717, 1.165) is 35.2 Å². The number of nitrogens with zero attached hydrogens (tertiary/aromatic N) is 2. The minimum Gasteiger partial charge on any atom is -0.507 e. The molecule has 1 aromatic carbocycles. The van der Waals surface area contributed by atoms with Crippen LogP contribution < -0.4 is 10.6 Å². The fourth-order valence-corrected chi connectivity index (χ4v) is 4.68. The van der Waals surface area contributed by atoms with Crippen LogP contribution >= 0.6 is 24.0 Å². The first-order valence-electron chi connectivity index (χ1n) is 11.1. The third-order valence-electron chi connectivity index (χ3n) is 6.28. The second-order valence-electron chi connectivity index (χ2n) is 8.52. The van der Waals surface area contributed by atoms with Gasteiger partial charge >= 0.3 is 0 Å². The molecule has 1 heterocycles. The molecule has 1 saturated heterocycles. The van der Waals surface area contributed by atoms with Crippen molar-refractivity contribution in [2.24, 2.45) is 4.99 Å². The van der Waals surface area contributed by atoms with Gasteiger partial charge in [-0.15, -0.1) is 24.0 Å². The highest BCUT2D eigenvalue weighted by Gasteiger charge is 2.26. The van der Waals surface area contributed by atoms with E-state index < -0.39 is 0 Å². The average molecular weight is 514 g/mol. The minimum atomic E-state index is 0. The molecule has 0 radical (unpaired) electrons. The zero-order valence-corrected chi connectivity index (χ0v) is 20.7. The summed E-state index contributed by atoms with van der Waals surface area (Å²) >= 11 is 0. The summed E-state index contributed by atoms with van der Waals surface area (Å²) in [6.07, 6.45) is 9.43. The highest BCUT2D eigenvalue weighted by atomic mass is 127. The number of phenolic OH excluding ortho intramolecular Hbond substituents is 1. The van der Waals surface area contributed by atoms with E-state index >= 15 is 0 Å². The van der Waals surface area contributed by atoms with Crippen molar-refractivity contribution in [3.05, 3.63) is 28.8 Å². The van der Waals surface area contributed by atoms with Crippen LogP contribution in [0.1, 0.15) is 68.6 Å². The molecule has 1 saturated carbocycles. The van der Waals surface area contributed by atoms with Gasteiger partial charge in [0.05, 0.1) is 6.54 Å². The zero-order chi connectivity index (χ0) is 19.9. The lowest BCUT2D eigenvalue weighted by atomic mass is 9.92. The Morgan fingerprint density at radius 2 is 1.69 bits per heavy atom. The van der Waals surface area contributed by atoms with E-state index in [1.165, 1.54) is 58.0 Å². The van der Waals surface area contributed by atoms with Gasteiger partial charge in [0.15, 0.2) is 5.96 Å². The summed E-state index contributed by atoms with van der Waals surface area (Å²) < 4.78 is 0. The van der Waals surface area contributed by atoms with Crippen LogP contribution in [0.5, 0.6) is 5.75 Å². The van der Waals surface area contributed by atoms with Gasteiger partial charge in [-0.3, -0.25) is 0 Å². The fourth-order valence-electron chi connectivity index (χ4n) is 4.68. The van der Waals surface area contributed by atoms with E-state index in [1.807, 2.05) is 26.0 Å². The van der Waals surface area contributed by atoms with Crippen molar-refractivity contribution in [2.45, 2.75) is 84.3 Å². The molecule has 164 valence electrons. The first kappa shape index (κ1) is 24.3. The average Bonchev–Trinajstić information content (AvgIpc) is 2.71. The number of aromatic hydroxyl groups is 1. The molecule has 0 unspecified atom stereocenters. The normalized spacial score (nSPS) is 19.6. The maximum atomic E-state index is 9.96. The molecule has 5 nitrogen and oxygen atoms in total. The van der Waals surface area contributed by atoms with Gasteiger partial charge in [-0.2, -0.15) is 0 Å². The summed E-state index contributed by atoms with van der Waals surface area (Å²) in [5.41, 5.74) is 2.97. The number of hydrogen-bond acceptors (Lipinski definition) is 3. The van der Waals surface area contributed by atoms with Crippen LogP contribution in [0.4, 0.5) is 0 Å². The number of benzene rings is 1. The van der Waals surface area contributed by atoms with Gasteiger partial charge in [0.1, 0.15) is 5.75 Å². The Hall–Kier alpha value is -1.02. The van der Waals surface area contributed by atoms with Crippen molar-refractivity contribution in [3.63, 3.8) is 0 Å². The lowest BCUT2D eigenvalue weighted by molar-refractivity contribution is 0.119. The molecular weight excluding hydrogens is 475 g/mol. The van der Waals surface area contributed by atoms with Crippen molar-refractivity contribution in [1.82, 2.24) is 15.5 Å². The third kappa shape index (κ3) is 7.02. The second kappa shape index (κ2) is 12.0. The Kier molecular flexibility index (Phi) is 10.0. The number of piperidine rings is 1. The molecule has 29 heavy (non-hydrogen) atoms. The van der Waals surface area contributed by atoms with Gasteiger partial charge in [0.25, 0.3) is 0 Å². The molecule has 2 fully saturated rings. The Labute approximate surface area is 193 Å². The largest absolute Gasteiger partial charge is 0.507 e. The number of hydrogen-bond donors (Lipinski definition) is 3. The summed E-state index contributed by atoms with van der Waals surface area (Å²) in [7, 11) is 0. The first-order chi connectivity index (χ1) is 13.6. The molecule has 0 bridgehead atoms. The molecule has 1 aliphatic heterocycles. The number of aryl methyl sites for hydroxylation is 2. The number of aliphatic imine (C=N–C) groups is 1. The summed E-state index contributed by atoms with van der Waals surface area (Å²) in [5, 5.41) is 17.0.